The van der Waals surface area contributed by atoms with Gasteiger partial charge in [-0.2, -0.15) is 0 Å². The molecule has 1 saturated heterocycles. The van der Waals surface area contributed by atoms with Crippen molar-refractivity contribution in [1.29, 1.82) is 0 Å². The molecule has 0 unspecified atom stereocenters. The maximum Gasteiger partial charge on any atom is 0.0898 e. The lowest BCUT2D eigenvalue weighted by Crippen LogP contribution is -2.39. The second-order valence-electron chi connectivity index (χ2n) is 9.02. The molecule has 2 aliphatic rings. The normalized spacial score (nSPS) is 22.3. The van der Waals surface area contributed by atoms with Crippen LogP contribution in [0.2, 0.25) is 0 Å². The molecule has 2 atom stereocenters. The van der Waals surface area contributed by atoms with Crippen LogP contribution in [0.1, 0.15) is 51.3 Å². The van der Waals surface area contributed by atoms with E-state index in [1.807, 2.05) is 0 Å². The van der Waals surface area contributed by atoms with Gasteiger partial charge in [0, 0.05) is 12.1 Å². The molecule has 1 aliphatic heterocycles. The van der Waals surface area contributed by atoms with Crippen molar-refractivity contribution in [2.75, 3.05) is 13.1 Å². The van der Waals surface area contributed by atoms with Crippen LogP contribution >= 0.6 is 7.92 Å². The molecule has 32 heavy (non-hydrogen) atoms. The second kappa shape index (κ2) is 9.87. The Morgan fingerprint density at radius 3 is 1.62 bits per heavy atom. The Labute approximate surface area is 195 Å². The van der Waals surface area contributed by atoms with Crippen LogP contribution in [0.15, 0.2) is 84.9 Å². The summed E-state index contributed by atoms with van der Waals surface area (Å²) in [6.07, 6.45) is 5.83. The summed E-state index contributed by atoms with van der Waals surface area (Å²) in [6.45, 7) is 6.95. The van der Waals surface area contributed by atoms with Crippen LogP contribution in [0, 0.1) is 0 Å². The second-order valence-corrected chi connectivity index (χ2v) is 11.2. The molecule has 1 heterocycles. The van der Waals surface area contributed by atoms with E-state index in [2.05, 4.69) is 109 Å². The van der Waals surface area contributed by atoms with Crippen LogP contribution in [0.25, 0.3) is 0 Å². The number of rotatable bonds is 6. The first-order valence-corrected chi connectivity index (χ1v) is 13.7. The summed E-state index contributed by atoms with van der Waals surface area (Å²) in [7, 11) is -0.606. The summed E-state index contributed by atoms with van der Waals surface area (Å²) in [4.78, 5) is 5.63. The minimum atomic E-state index is -0.606. The van der Waals surface area contributed by atoms with E-state index in [0.29, 0.717) is 18.2 Å². The summed E-state index contributed by atoms with van der Waals surface area (Å²) < 4.78 is 0. The molecule has 0 amide bonds. The predicted molar refractivity (Wildman–Crippen MR) is 139 cm³/mol. The molecule has 1 aliphatic carbocycles. The lowest BCUT2D eigenvalue weighted by molar-refractivity contribution is 0.125. The monoisotopic (exact) mass is 442 g/mol. The van der Waals surface area contributed by atoms with E-state index in [-0.39, 0.29) is 0 Å². The average molecular weight is 443 g/mol. The van der Waals surface area contributed by atoms with E-state index in [0.717, 1.165) is 13.1 Å². The highest BCUT2D eigenvalue weighted by Gasteiger charge is 2.47. The average Bonchev–Trinajstić information content (AvgIpc) is 3.19. The van der Waals surface area contributed by atoms with E-state index in [9.17, 15) is 0 Å². The van der Waals surface area contributed by atoms with Crippen molar-refractivity contribution in [3.8, 4) is 0 Å². The maximum atomic E-state index is 2.82. The number of fused-ring (bicyclic) bond motifs is 1. The molecule has 3 heteroatoms. The SMILES string of the molecule is CCN1C(c2ccccc2P(c2ccccc2)c2ccccc2)N(CC)[C@@H]2CCCC[C@H]21. The van der Waals surface area contributed by atoms with Gasteiger partial charge in [0.05, 0.1) is 6.17 Å². The van der Waals surface area contributed by atoms with Gasteiger partial charge in [0.2, 0.25) is 0 Å². The van der Waals surface area contributed by atoms with Gasteiger partial charge in [-0.05, 0) is 55.3 Å². The van der Waals surface area contributed by atoms with Gasteiger partial charge in [0.25, 0.3) is 0 Å². The predicted octanol–water partition coefficient (Wildman–Crippen LogP) is 5.41. The Bertz CT molecular complexity index is 946. The van der Waals surface area contributed by atoms with E-state index < -0.39 is 7.92 Å². The van der Waals surface area contributed by atoms with Crippen LogP contribution < -0.4 is 15.9 Å². The summed E-state index contributed by atoms with van der Waals surface area (Å²) in [5.74, 6) is 0. The van der Waals surface area contributed by atoms with Gasteiger partial charge in [-0.1, -0.05) is 112 Å². The molecule has 5 rings (SSSR count). The zero-order valence-electron chi connectivity index (χ0n) is 19.4. The van der Waals surface area contributed by atoms with E-state index in [1.165, 1.54) is 47.2 Å². The molecule has 3 aromatic carbocycles. The van der Waals surface area contributed by atoms with Crippen molar-refractivity contribution < 1.29 is 0 Å². The fraction of sp³-hybridized carbons (Fsp3) is 0.379. The van der Waals surface area contributed by atoms with Crippen molar-refractivity contribution in [1.82, 2.24) is 9.80 Å². The third-order valence-electron chi connectivity index (χ3n) is 7.39. The Balaban J connectivity index is 1.65. The van der Waals surface area contributed by atoms with Gasteiger partial charge in [0.1, 0.15) is 0 Å². The Hall–Kier alpha value is -1.99. The number of likely N-dealkylation sites (N-methyl/N-ethyl adjacent to an activating group) is 2. The Kier molecular flexibility index (Phi) is 6.74. The fourth-order valence-corrected chi connectivity index (χ4v) is 8.56. The molecule has 0 N–H and O–H groups in total. The molecule has 0 aromatic heterocycles. The number of nitrogens with zero attached hydrogens (tertiary/aromatic N) is 2. The summed E-state index contributed by atoms with van der Waals surface area (Å²) in [5.41, 5.74) is 1.52. The molecule has 2 nitrogen and oxygen atoms in total. The number of hydrogen-bond donors (Lipinski definition) is 0. The lowest BCUT2D eigenvalue weighted by Gasteiger charge is -2.34. The first-order valence-electron chi connectivity index (χ1n) is 12.3. The molecule has 3 aromatic rings. The van der Waals surface area contributed by atoms with Crippen molar-refractivity contribution in [3.63, 3.8) is 0 Å². The summed E-state index contributed by atoms with van der Waals surface area (Å²) >= 11 is 0. The molecule has 0 radical (unpaired) electrons. The van der Waals surface area contributed by atoms with Crippen molar-refractivity contribution in [2.45, 2.75) is 57.8 Å². The van der Waals surface area contributed by atoms with Gasteiger partial charge in [-0.15, -0.1) is 0 Å². The van der Waals surface area contributed by atoms with Crippen molar-refractivity contribution >= 4 is 23.8 Å². The van der Waals surface area contributed by atoms with Gasteiger partial charge in [0.15, 0.2) is 0 Å². The number of hydrogen-bond acceptors (Lipinski definition) is 2. The summed E-state index contributed by atoms with van der Waals surface area (Å²) in [6, 6.07) is 33.0. The van der Waals surface area contributed by atoms with Crippen LogP contribution in [-0.4, -0.2) is 35.0 Å². The first kappa shape index (κ1) is 21.8. The zero-order chi connectivity index (χ0) is 21.9. The molecule has 166 valence electrons. The van der Waals surface area contributed by atoms with E-state index >= 15 is 0 Å². The lowest BCUT2D eigenvalue weighted by atomic mass is 9.90. The minimum Gasteiger partial charge on any atom is -0.280 e. The molecular formula is C29H35N2P. The van der Waals surface area contributed by atoms with Crippen LogP contribution in [0.3, 0.4) is 0 Å². The molecule has 0 spiro atoms. The molecule has 0 bridgehead atoms. The van der Waals surface area contributed by atoms with Gasteiger partial charge in [-0.3, -0.25) is 9.80 Å². The first-order chi connectivity index (χ1) is 15.8. The molecule has 1 saturated carbocycles. The van der Waals surface area contributed by atoms with Gasteiger partial charge in [-0.25, -0.2) is 0 Å². The van der Waals surface area contributed by atoms with Crippen LogP contribution in [0.5, 0.6) is 0 Å². The maximum absolute atomic E-state index is 2.82. The Morgan fingerprint density at radius 2 is 1.12 bits per heavy atom. The van der Waals surface area contributed by atoms with Crippen molar-refractivity contribution in [2.24, 2.45) is 0 Å². The van der Waals surface area contributed by atoms with E-state index in [1.54, 1.807) is 0 Å². The third kappa shape index (κ3) is 3.94. The standard InChI is InChI=1S/C29H35N2P/c1-3-30-26-20-12-13-21-27(26)31(4-2)29(30)25-19-11-14-22-28(25)32(23-15-7-5-8-16-23)24-17-9-6-10-18-24/h5-11,14-19,22,26-27,29H,3-4,12-13,20-21H2,1-2H3/t26-,27-/m1/s1. The Morgan fingerprint density at radius 1 is 0.656 bits per heavy atom. The minimum absolute atomic E-state index is 0.381. The topological polar surface area (TPSA) is 6.48 Å². The zero-order valence-corrected chi connectivity index (χ0v) is 20.3. The molecular weight excluding hydrogens is 407 g/mol. The smallest absolute Gasteiger partial charge is 0.0898 e. The van der Waals surface area contributed by atoms with Crippen molar-refractivity contribution in [3.05, 3.63) is 90.5 Å². The van der Waals surface area contributed by atoms with Gasteiger partial charge < -0.3 is 0 Å². The fourth-order valence-electron chi connectivity index (χ4n) is 6.08. The largest absolute Gasteiger partial charge is 0.280 e. The highest BCUT2D eigenvalue weighted by atomic mass is 31.1. The van der Waals surface area contributed by atoms with Gasteiger partial charge >= 0.3 is 0 Å². The quantitative estimate of drug-likeness (QED) is 0.471. The third-order valence-corrected chi connectivity index (χ3v) is 9.91. The van der Waals surface area contributed by atoms with E-state index in [4.69, 9.17) is 0 Å². The summed E-state index contributed by atoms with van der Waals surface area (Å²) in [5, 5.41) is 4.38. The van der Waals surface area contributed by atoms with Crippen LogP contribution in [-0.2, 0) is 0 Å². The number of benzene rings is 3. The highest BCUT2D eigenvalue weighted by molar-refractivity contribution is 7.79. The highest BCUT2D eigenvalue weighted by Crippen LogP contribution is 2.45. The van der Waals surface area contributed by atoms with Crippen LogP contribution in [0.4, 0.5) is 0 Å². The molecule has 2 fully saturated rings.